The Labute approximate surface area is 188 Å². The number of carbonyl (C=O) groups is 3. The Morgan fingerprint density at radius 1 is 1.09 bits per heavy atom. The van der Waals surface area contributed by atoms with Crippen molar-refractivity contribution < 1.29 is 29.0 Å². The predicted octanol–water partition coefficient (Wildman–Crippen LogP) is 1.18. The van der Waals surface area contributed by atoms with Gasteiger partial charge in [0.2, 0.25) is 11.8 Å². The van der Waals surface area contributed by atoms with Crippen LogP contribution in [0, 0.1) is 11.8 Å². The third-order valence-electron chi connectivity index (χ3n) is 8.04. The summed E-state index contributed by atoms with van der Waals surface area (Å²) in [6.45, 7) is 3.82. The van der Waals surface area contributed by atoms with Gasteiger partial charge in [-0.15, -0.1) is 0 Å². The second kappa shape index (κ2) is 7.70. The van der Waals surface area contributed by atoms with E-state index in [9.17, 15) is 19.5 Å². The van der Waals surface area contributed by atoms with Crippen molar-refractivity contribution in [2.45, 2.75) is 75.3 Å². The Kier molecular flexibility index (Phi) is 5.21. The van der Waals surface area contributed by atoms with Crippen molar-refractivity contribution in [3.63, 3.8) is 0 Å². The fourth-order valence-corrected chi connectivity index (χ4v) is 6.60. The third-order valence-corrected chi connectivity index (χ3v) is 8.04. The number of esters is 1. The van der Waals surface area contributed by atoms with Crippen molar-refractivity contribution in [3.05, 3.63) is 24.3 Å². The van der Waals surface area contributed by atoms with Crippen LogP contribution in [0.4, 0.5) is 0 Å². The molecule has 2 amide bonds. The van der Waals surface area contributed by atoms with E-state index in [2.05, 4.69) is 0 Å². The summed E-state index contributed by atoms with van der Waals surface area (Å²) in [6.07, 6.45) is 12.5. The lowest BCUT2D eigenvalue weighted by molar-refractivity contribution is -0.160. The molecule has 0 aromatic carbocycles. The summed E-state index contributed by atoms with van der Waals surface area (Å²) in [4.78, 5) is 44.3. The summed E-state index contributed by atoms with van der Waals surface area (Å²) < 4.78 is 12.0. The van der Waals surface area contributed by atoms with E-state index in [1.165, 1.54) is 11.3 Å². The molecule has 2 saturated heterocycles. The quantitative estimate of drug-likeness (QED) is 0.519. The molecule has 6 atom stereocenters. The zero-order valence-electron chi connectivity index (χ0n) is 18.7. The van der Waals surface area contributed by atoms with Crippen molar-refractivity contribution in [2.75, 3.05) is 19.8 Å². The number of hydrogen-bond donors (Lipinski definition) is 1. The summed E-state index contributed by atoms with van der Waals surface area (Å²) in [5, 5.41) is 9.94. The average molecular weight is 445 g/mol. The molecule has 1 spiro atoms. The van der Waals surface area contributed by atoms with Gasteiger partial charge in [0, 0.05) is 12.6 Å². The van der Waals surface area contributed by atoms with E-state index in [4.69, 9.17) is 9.47 Å². The molecule has 8 nitrogen and oxygen atoms in total. The number of ether oxygens (including phenoxy) is 2. The van der Waals surface area contributed by atoms with E-state index in [0.717, 1.165) is 25.7 Å². The van der Waals surface area contributed by atoms with Crippen molar-refractivity contribution in [3.8, 4) is 0 Å². The lowest BCUT2D eigenvalue weighted by Gasteiger charge is -2.41. The number of cyclic esters (lactones) is 1. The van der Waals surface area contributed by atoms with E-state index in [1.807, 2.05) is 17.1 Å². The van der Waals surface area contributed by atoms with Gasteiger partial charge in [-0.3, -0.25) is 14.4 Å². The fraction of sp³-hybridized carbons (Fsp3) is 0.708. The van der Waals surface area contributed by atoms with Gasteiger partial charge in [0.05, 0.1) is 24.2 Å². The summed E-state index contributed by atoms with van der Waals surface area (Å²) in [5.74, 6) is -2.71. The average Bonchev–Trinajstić information content (AvgIpc) is 3.05. The number of amides is 2. The molecule has 8 heteroatoms. The molecule has 174 valence electrons. The molecule has 0 bridgehead atoms. The molecular formula is C24H32N2O6. The SMILES string of the molecule is C[C@H](CO)N1C(=O)[C@@H]2[C@@H]3C(=O)OCC=C[C@]3(C)O[C@@]23C=CCN(C2CCCCC2)C(=O)C13. The highest BCUT2D eigenvalue weighted by molar-refractivity contribution is 5.99. The van der Waals surface area contributed by atoms with Gasteiger partial charge >= 0.3 is 5.97 Å². The maximum absolute atomic E-state index is 14.1. The first-order chi connectivity index (χ1) is 15.3. The Morgan fingerprint density at radius 3 is 2.56 bits per heavy atom. The highest BCUT2D eigenvalue weighted by Crippen LogP contribution is 2.57. The number of likely N-dealkylation sites (tertiary alicyclic amines) is 1. The van der Waals surface area contributed by atoms with Gasteiger partial charge in [0.15, 0.2) is 0 Å². The van der Waals surface area contributed by atoms with E-state index in [1.54, 1.807) is 26.0 Å². The highest BCUT2D eigenvalue weighted by Gasteiger charge is 2.75. The molecule has 1 unspecified atom stereocenters. The van der Waals surface area contributed by atoms with Gasteiger partial charge in [-0.05, 0) is 32.8 Å². The van der Waals surface area contributed by atoms with Crippen LogP contribution < -0.4 is 0 Å². The number of hydrogen-bond acceptors (Lipinski definition) is 6. The van der Waals surface area contributed by atoms with Gasteiger partial charge in [-0.25, -0.2) is 0 Å². The molecule has 3 fully saturated rings. The second-order valence-electron chi connectivity index (χ2n) is 9.99. The van der Waals surface area contributed by atoms with Gasteiger partial charge in [0.25, 0.3) is 0 Å². The molecule has 0 aromatic heterocycles. The van der Waals surface area contributed by atoms with Crippen LogP contribution in [0.5, 0.6) is 0 Å². The number of aliphatic hydroxyl groups excluding tert-OH is 1. The lowest BCUT2D eigenvalue weighted by Crippen LogP contribution is -2.59. The first-order valence-corrected chi connectivity index (χ1v) is 11.8. The van der Waals surface area contributed by atoms with Crippen LogP contribution in [-0.2, 0) is 23.9 Å². The molecular weight excluding hydrogens is 412 g/mol. The zero-order valence-corrected chi connectivity index (χ0v) is 18.7. The molecule has 0 radical (unpaired) electrons. The zero-order chi connectivity index (χ0) is 22.7. The van der Waals surface area contributed by atoms with E-state index < -0.39 is 41.1 Å². The Hall–Kier alpha value is -2.19. The van der Waals surface area contributed by atoms with Crippen LogP contribution >= 0.6 is 0 Å². The topological polar surface area (TPSA) is 96.4 Å². The van der Waals surface area contributed by atoms with Crippen LogP contribution in [0.15, 0.2) is 24.3 Å². The minimum Gasteiger partial charge on any atom is -0.461 e. The van der Waals surface area contributed by atoms with Crippen molar-refractivity contribution in [1.29, 1.82) is 0 Å². The van der Waals surface area contributed by atoms with Crippen LogP contribution in [0.2, 0.25) is 0 Å². The molecule has 5 aliphatic rings. The summed E-state index contributed by atoms with van der Waals surface area (Å²) >= 11 is 0. The maximum Gasteiger partial charge on any atom is 0.313 e. The van der Waals surface area contributed by atoms with Gasteiger partial charge in [0.1, 0.15) is 24.2 Å². The van der Waals surface area contributed by atoms with Gasteiger partial charge in [-0.1, -0.05) is 37.5 Å². The molecule has 1 N–H and O–H groups in total. The minimum absolute atomic E-state index is 0.129. The molecule has 1 aliphatic carbocycles. The standard InChI is InChI=1S/C24H32N2O6/c1-15(14-27)26-19-21(29)25(16-8-4-3-5-9-16)12-6-11-24(19)17(20(26)28)18-22(30)31-13-7-10-23(18,2)32-24/h6-7,10-11,15-19,27H,3-5,8-9,12-14H2,1-2H3/t15-,17+,18-,19?,23+,24+/m1/s1. The fourth-order valence-electron chi connectivity index (χ4n) is 6.60. The molecule has 4 aliphatic heterocycles. The highest BCUT2D eigenvalue weighted by atomic mass is 16.6. The summed E-state index contributed by atoms with van der Waals surface area (Å²) in [7, 11) is 0. The molecule has 4 heterocycles. The Bertz CT molecular complexity index is 880. The number of rotatable bonds is 3. The third kappa shape index (κ3) is 2.91. The second-order valence-corrected chi connectivity index (χ2v) is 9.99. The van der Waals surface area contributed by atoms with E-state index in [-0.39, 0.29) is 31.1 Å². The molecule has 5 rings (SSSR count). The van der Waals surface area contributed by atoms with Gasteiger partial charge < -0.3 is 24.4 Å². The largest absolute Gasteiger partial charge is 0.461 e. The first kappa shape index (κ1) is 21.6. The monoisotopic (exact) mass is 444 g/mol. The van der Waals surface area contributed by atoms with Crippen molar-refractivity contribution in [2.24, 2.45) is 11.8 Å². The molecule has 32 heavy (non-hydrogen) atoms. The van der Waals surface area contributed by atoms with Crippen LogP contribution in [0.25, 0.3) is 0 Å². The van der Waals surface area contributed by atoms with Gasteiger partial charge in [-0.2, -0.15) is 0 Å². The number of aliphatic hydroxyl groups is 1. The van der Waals surface area contributed by atoms with E-state index >= 15 is 0 Å². The van der Waals surface area contributed by atoms with E-state index in [0.29, 0.717) is 6.54 Å². The smallest absolute Gasteiger partial charge is 0.313 e. The maximum atomic E-state index is 14.1. The van der Waals surface area contributed by atoms with Crippen molar-refractivity contribution >= 4 is 17.8 Å². The first-order valence-electron chi connectivity index (χ1n) is 11.8. The van der Waals surface area contributed by atoms with Crippen LogP contribution in [-0.4, -0.2) is 81.8 Å². The number of nitrogens with zero attached hydrogens (tertiary/aromatic N) is 2. The predicted molar refractivity (Wildman–Crippen MR) is 114 cm³/mol. The van der Waals surface area contributed by atoms with Crippen LogP contribution in [0.1, 0.15) is 46.0 Å². The van der Waals surface area contributed by atoms with Crippen molar-refractivity contribution in [1.82, 2.24) is 9.80 Å². The number of carbonyl (C=O) groups excluding carboxylic acids is 3. The minimum atomic E-state index is -1.28. The Balaban J connectivity index is 1.63. The Morgan fingerprint density at radius 2 is 1.84 bits per heavy atom. The molecule has 0 aromatic rings. The summed E-state index contributed by atoms with van der Waals surface area (Å²) in [5.41, 5.74) is -2.33. The number of fused-ring (bicyclic) bond motifs is 2. The van der Waals surface area contributed by atoms with Crippen LogP contribution in [0.3, 0.4) is 0 Å². The lowest BCUT2D eigenvalue weighted by atomic mass is 9.74. The molecule has 1 saturated carbocycles. The summed E-state index contributed by atoms with van der Waals surface area (Å²) in [6, 6.07) is -1.37. The normalized spacial score (nSPS) is 40.5.